The highest BCUT2D eigenvalue weighted by molar-refractivity contribution is 6.05. The molecule has 7 heteroatoms. The number of aromatic nitrogens is 2. The number of hydrogen-bond donors (Lipinski definition) is 2. The van der Waals surface area contributed by atoms with E-state index in [4.69, 9.17) is 0 Å². The molecule has 2 N–H and O–H groups in total. The molecule has 4 heterocycles. The number of rotatable bonds is 1. The van der Waals surface area contributed by atoms with Crippen LogP contribution < -0.4 is 15.5 Å². The zero-order chi connectivity index (χ0) is 17.2. The average Bonchev–Trinajstić information content (AvgIpc) is 3.04. The van der Waals surface area contributed by atoms with Gasteiger partial charge < -0.3 is 5.32 Å². The van der Waals surface area contributed by atoms with Gasteiger partial charge in [0, 0.05) is 30.6 Å². The molecule has 0 unspecified atom stereocenters. The van der Waals surface area contributed by atoms with Gasteiger partial charge in [-0.15, -0.1) is 0 Å². The number of nitrogens with one attached hydrogen (secondary N) is 2. The number of carbonyl (C=O) groups excluding carboxylic acids is 2. The van der Waals surface area contributed by atoms with Crippen molar-refractivity contribution in [2.24, 2.45) is 5.92 Å². The van der Waals surface area contributed by atoms with Crippen molar-refractivity contribution >= 4 is 23.4 Å². The van der Waals surface area contributed by atoms with Gasteiger partial charge in [0.05, 0.1) is 6.20 Å². The number of imide groups is 1. The second-order valence-corrected chi connectivity index (χ2v) is 6.31. The van der Waals surface area contributed by atoms with E-state index in [0.29, 0.717) is 24.7 Å². The van der Waals surface area contributed by atoms with Crippen molar-refractivity contribution < 1.29 is 9.59 Å². The monoisotopic (exact) mass is 337 g/mol. The lowest BCUT2D eigenvalue weighted by Crippen LogP contribution is -2.50. The molecule has 2 aliphatic rings. The summed E-state index contributed by atoms with van der Waals surface area (Å²) in [5.74, 6) is 7.44. The molecule has 3 amide bonds. The molecule has 0 aromatic carbocycles. The smallest absolute Gasteiger partial charge is 0.317 e. The van der Waals surface area contributed by atoms with Crippen molar-refractivity contribution in [1.82, 2.24) is 20.0 Å². The molecule has 128 valence electrons. The summed E-state index contributed by atoms with van der Waals surface area (Å²) in [5.41, 5.74) is 1.65. The Hall–Kier alpha value is -2.85. The minimum Gasteiger partial charge on any atom is -0.317 e. The zero-order valence-corrected chi connectivity index (χ0v) is 13.8. The Bertz CT molecular complexity index is 886. The van der Waals surface area contributed by atoms with Crippen LogP contribution in [0.15, 0.2) is 24.5 Å². The lowest BCUT2D eigenvalue weighted by molar-refractivity contribution is -0.120. The highest BCUT2D eigenvalue weighted by atomic mass is 16.2. The van der Waals surface area contributed by atoms with E-state index in [-0.39, 0.29) is 5.91 Å². The molecule has 25 heavy (non-hydrogen) atoms. The third kappa shape index (κ3) is 3.21. The predicted molar refractivity (Wildman–Crippen MR) is 93.2 cm³/mol. The quantitative estimate of drug-likeness (QED) is 0.765. The molecule has 2 fully saturated rings. The molecule has 0 atom stereocenters. The van der Waals surface area contributed by atoms with E-state index >= 15 is 0 Å². The van der Waals surface area contributed by atoms with E-state index in [1.165, 1.54) is 4.90 Å². The van der Waals surface area contributed by atoms with Gasteiger partial charge in [0.15, 0.2) is 0 Å². The van der Waals surface area contributed by atoms with Crippen molar-refractivity contribution in [3.63, 3.8) is 0 Å². The van der Waals surface area contributed by atoms with Crippen molar-refractivity contribution in [2.45, 2.75) is 19.3 Å². The van der Waals surface area contributed by atoms with Crippen molar-refractivity contribution in [3.05, 3.63) is 30.1 Å². The fourth-order valence-electron chi connectivity index (χ4n) is 3.18. The van der Waals surface area contributed by atoms with Crippen molar-refractivity contribution in [2.75, 3.05) is 24.5 Å². The van der Waals surface area contributed by atoms with E-state index in [2.05, 4.69) is 27.5 Å². The van der Waals surface area contributed by atoms with Crippen LogP contribution in [0.3, 0.4) is 0 Å². The van der Waals surface area contributed by atoms with E-state index in [9.17, 15) is 9.59 Å². The number of anilines is 1. The summed E-state index contributed by atoms with van der Waals surface area (Å²) in [6.07, 6.45) is 5.98. The Labute approximate surface area is 145 Å². The summed E-state index contributed by atoms with van der Waals surface area (Å²) in [4.78, 5) is 29.2. The predicted octanol–water partition coefficient (Wildman–Crippen LogP) is 1.13. The van der Waals surface area contributed by atoms with Gasteiger partial charge in [0.2, 0.25) is 5.91 Å². The Balaban J connectivity index is 1.58. The van der Waals surface area contributed by atoms with Crippen LogP contribution in [-0.2, 0) is 4.79 Å². The van der Waals surface area contributed by atoms with Crippen LogP contribution in [0.1, 0.15) is 24.8 Å². The zero-order valence-electron chi connectivity index (χ0n) is 13.8. The maximum Gasteiger partial charge on any atom is 0.329 e. The third-order valence-corrected chi connectivity index (χ3v) is 4.58. The Morgan fingerprint density at radius 1 is 1.24 bits per heavy atom. The molecule has 0 radical (unpaired) electrons. The number of nitrogens with zero attached hydrogens (tertiary/aromatic N) is 3. The fourth-order valence-corrected chi connectivity index (χ4v) is 3.18. The van der Waals surface area contributed by atoms with Gasteiger partial charge >= 0.3 is 6.03 Å². The largest absolute Gasteiger partial charge is 0.329 e. The molecule has 0 saturated carbocycles. The van der Waals surface area contributed by atoms with E-state index in [0.717, 1.165) is 37.1 Å². The molecule has 4 rings (SSSR count). The maximum atomic E-state index is 12.0. The molecule has 2 aromatic rings. The maximum absolute atomic E-state index is 12.0. The van der Waals surface area contributed by atoms with Crippen LogP contribution in [0.5, 0.6) is 0 Å². The average molecular weight is 337 g/mol. The van der Waals surface area contributed by atoms with Gasteiger partial charge in [-0.3, -0.25) is 19.4 Å². The lowest BCUT2D eigenvalue weighted by Gasteiger charge is -2.25. The van der Waals surface area contributed by atoms with Crippen LogP contribution in [0.2, 0.25) is 0 Å². The van der Waals surface area contributed by atoms with Crippen molar-refractivity contribution in [1.29, 1.82) is 0 Å². The number of fused-ring (bicyclic) bond motifs is 1. The van der Waals surface area contributed by atoms with Gasteiger partial charge in [-0.1, -0.05) is 11.8 Å². The normalized spacial score (nSPS) is 18.8. The first-order valence-electron chi connectivity index (χ1n) is 8.51. The van der Waals surface area contributed by atoms with Gasteiger partial charge in [0.1, 0.15) is 11.5 Å². The van der Waals surface area contributed by atoms with Gasteiger partial charge in [-0.05, 0) is 38.1 Å². The number of amides is 3. The number of pyridine rings is 1. The van der Waals surface area contributed by atoms with Crippen LogP contribution in [0.4, 0.5) is 10.6 Å². The fraction of sp³-hybridized carbons (Fsp3) is 0.389. The number of carbonyl (C=O) groups is 2. The first kappa shape index (κ1) is 15.7. The molecule has 2 aromatic heterocycles. The van der Waals surface area contributed by atoms with Crippen LogP contribution in [0, 0.1) is 17.8 Å². The highest BCUT2D eigenvalue weighted by Gasteiger charge is 2.26. The Morgan fingerprint density at radius 2 is 2.08 bits per heavy atom. The second-order valence-electron chi connectivity index (χ2n) is 6.31. The first-order chi connectivity index (χ1) is 12.2. The molecule has 0 bridgehead atoms. The molecule has 2 aliphatic heterocycles. The number of hydrogen-bond acceptors (Lipinski definition) is 4. The summed E-state index contributed by atoms with van der Waals surface area (Å²) in [5, 5.41) is 5.67. The van der Waals surface area contributed by atoms with Crippen LogP contribution in [-0.4, -0.2) is 41.0 Å². The van der Waals surface area contributed by atoms with E-state index in [1.54, 1.807) is 6.20 Å². The van der Waals surface area contributed by atoms with Crippen molar-refractivity contribution in [3.8, 4) is 11.8 Å². The number of piperidine rings is 1. The topological polar surface area (TPSA) is 78.7 Å². The second kappa shape index (κ2) is 6.57. The third-order valence-electron chi connectivity index (χ3n) is 4.58. The van der Waals surface area contributed by atoms with Crippen LogP contribution >= 0.6 is 0 Å². The Morgan fingerprint density at radius 3 is 2.88 bits per heavy atom. The standard InChI is InChI=1S/C18H19N5O2/c24-16-6-10-23(18(25)21-16)17-12-20-15-11-14(5-9-22(15)17)2-1-13-3-7-19-8-4-13/h5,9,11-13,19H,3-4,6-8,10H2,(H,21,24,25). The molecule has 0 spiro atoms. The lowest BCUT2D eigenvalue weighted by atomic mass is 9.98. The van der Waals surface area contributed by atoms with Gasteiger partial charge in [-0.25, -0.2) is 9.78 Å². The molecule has 0 aliphatic carbocycles. The molecular weight excluding hydrogens is 318 g/mol. The summed E-state index contributed by atoms with van der Waals surface area (Å²) >= 11 is 0. The summed E-state index contributed by atoms with van der Waals surface area (Å²) in [6, 6.07) is 3.44. The summed E-state index contributed by atoms with van der Waals surface area (Å²) in [6.45, 7) is 2.42. The first-order valence-corrected chi connectivity index (χ1v) is 8.51. The SMILES string of the molecule is O=C1CCN(c2cnc3cc(C#CC4CCNCC4)ccn23)C(=O)N1. The molecule has 7 nitrogen and oxygen atoms in total. The molecular formula is C18H19N5O2. The van der Waals surface area contributed by atoms with E-state index < -0.39 is 6.03 Å². The minimum absolute atomic E-state index is 0.245. The highest BCUT2D eigenvalue weighted by Crippen LogP contribution is 2.20. The summed E-state index contributed by atoms with van der Waals surface area (Å²) in [7, 11) is 0. The number of urea groups is 1. The van der Waals surface area contributed by atoms with Crippen LogP contribution in [0.25, 0.3) is 5.65 Å². The molecule has 2 saturated heterocycles. The minimum atomic E-state index is -0.409. The summed E-state index contributed by atoms with van der Waals surface area (Å²) < 4.78 is 1.84. The van der Waals surface area contributed by atoms with Gasteiger partial charge in [-0.2, -0.15) is 0 Å². The van der Waals surface area contributed by atoms with E-state index in [1.807, 2.05) is 22.7 Å². The van der Waals surface area contributed by atoms with Gasteiger partial charge in [0.25, 0.3) is 0 Å². The number of imidazole rings is 1. The Kier molecular flexibility index (Phi) is 4.12.